The molecular formula is C21H27N5O. The molecule has 142 valence electrons. The third-order valence-corrected chi connectivity index (χ3v) is 5.08. The van der Waals surface area contributed by atoms with Gasteiger partial charge in [-0.15, -0.1) is 6.58 Å². The molecule has 1 atom stereocenters. The summed E-state index contributed by atoms with van der Waals surface area (Å²) in [5, 5.41) is 3.43. The van der Waals surface area contributed by atoms with E-state index in [1.54, 1.807) is 0 Å². The van der Waals surface area contributed by atoms with Gasteiger partial charge in [-0.3, -0.25) is 0 Å². The van der Waals surface area contributed by atoms with Gasteiger partial charge in [-0.05, 0) is 38.2 Å². The molecule has 0 radical (unpaired) electrons. The zero-order valence-electron chi connectivity index (χ0n) is 15.9. The monoisotopic (exact) mass is 365 g/mol. The van der Waals surface area contributed by atoms with Gasteiger partial charge in [0.25, 0.3) is 0 Å². The summed E-state index contributed by atoms with van der Waals surface area (Å²) in [5.74, 6) is 4.58. The van der Waals surface area contributed by atoms with Crippen LogP contribution in [0.3, 0.4) is 0 Å². The van der Waals surface area contributed by atoms with E-state index in [9.17, 15) is 0 Å². The van der Waals surface area contributed by atoms with Gasteiger partial charge in [0.15, 0.2) is 0 Å². The van der Waals surface area contributed by atoms with Gasteiger partial charge in [0.1, 0.15) is 17.5 Å². The molecular weight excluding hydrogens is 338 g/mol. The Balaban J connectivity index is 1.50. The summed E-state index contributed by atoms with van der Waals surface area (Å²) in [7, 11) is 0. The second-order valence-corrected chi connectivity index (χ2v) is 7.23. The largest absolute Gasteiger partial charge is 0.478 e. The van der Waals surface area contributed by atoms with Gasteiger partial charge < -0.3 is 15.0 Å². The maximum Gasteiger partial charge on any atom is 0.213 e. The van der Waals surface area contributed by atoms with Crippen LogP contribution in [0.2, 0.25) is 0 Å². The second kappa shape index (κ2) is 7.94. The van der Waals surface area contributed by atoms with Crippen LogP contribution < -0.4 is 15.0 Å². The van der Waals surface area contributed by atoms with E-state index in [4.69, 9.17) is 14.7 Å². The molecule has 1 saturated carbocycles. The van der Waals surface area contributed by atoms with E-state index in [0.717, 1.165) is 42.7 Å². The molecule has 27 heavy (non-hydrogen) atoms. The summed E-state index contributed by atoms with van der Waals surface area (Å²) in [6.45, 7) is 9.14. The fraction of sp³-hybridized carbons (Fsp3) is 0.476. The summed E-state index contributed by atoms with van der Waals surface area (Å²) < 4.78 is 5.49. The number of nitrogens with zero attached hydrogens (tertiary/aromatic N) is 4. The topological polar surface area (TPSA) is 63.2 Å². The summed E-state index contributed by atoms with van der Waals surface area (Å²) in [5.41, 5.74) is 0.932. The van der Waals surface area contributed by atoms with Crippen molar-refractivity contribution in [1.29, 1.82) is 0 Å². The number of hydrogen-bond acceptors (Lipinski definition) is 6. The van der Waals surface area contributed by atoms with Crippen molar-refractivity contribution in [2.24, 2.45) is 5.92 Å². The molecule has 1 aliphatic heterocycles. The van der Waals surface area contributed by atoms with Gasteiger partial charge in [-0.1, -0.05) is 12.1 Å². The molecule has 0 spiro atoms. The molecule has 2 aromatic rings. The standard InChI is InChI=1S/C21H27N5O/c1-3-15-10-11-26(14-15)19-12-18(24-21(25-19)16-8-9-16)22-13-17-6-5-7-20(23-17)27-4-2/h3,5-7,12,15-16H,1,4,8-11,13-14H2,2H3,(H,22,24,25). The summed E-state index contributed by atoms with van der Waals surface area (Å²) in [6.07, 6.45) is 5.58. The highest BCUT2D eigenvalue weighted by Crippen LogP contribution is 2.39. The quantitative estimate of drug-likeness (QED) is 0.719. The molecule has 2 aliphatic rings. The Labute approximate surface area is 160 Å². The van der Waals surface area contributed by atoms with Crippen LogP contribution in [0.15, 0.2) is 36.9 Å². The van der Waals surface area contributed by atoms with Crippen LogP contribution in [0.25, 0.3) is 0 Å². The lowest BCUT2D eigenvalue weighted by molar-refractivity contribution is 0.326. The number of rotatable bonds is 8. The molecule has 0 amide bonds. The third kappa shape index (κ3) is 4.38. The first-order valence-corrected chi connectivity index (χ1v) is 9.84. The molecule has 2 aromatic heterocycles. The molecule has 1 N–H and O–H groups in total. The molecule has 6 heteroatoms. The van der Waals surface area contributed by atoms with E-state index in [2.05, 4.69) is 33.9 Å². The lowest BCUT2D eigenvalue weighted by atomic mass is 10.1. The Bertz CT molecular complexity index is 805. The van der Waals surface area contributed by atoms with Crippen LogP contribution in [0.5, 0.6) is 5.88 Å². The van der Waals surface area contributed by atoms with E-state index in [0.29, 0.717) is 30.9 Å². The van der Waals surface area contributed by atoms with Crippen LogP contribution in [-0.4, -0.2) is 34.6 Å². The lowest BCUT2D eigenvalue weighted by Crippen LogP contribution is -2.21. The Kier molecular flexibility index (Phi) is 5.23. The third-order valence-electron chi connectivity index (χ3n) is 5.08. The molecule has 3 heterocycles. The Morgan fingerprint density at radius 3 is 2.89 bits per heavy atom. The van der Waals surface area contributed by atoms with Gasteiger partial charge in [0.2, 0.25) is 5.88 Å². The first-order valence-electron chi connectivity index (χ1n) is 9.84. The van der Waals surface area contributed by atoms with E-state index in [1.807, 2.05) is 25.1 Å². The molecule has 0 bridgehead atoms. The summed E-state index contributed by atoms with van der Waals surface area (Å²) >= 11 is 0. The average Bonchev–Trinajstić information content (AvgIpc) is 3.44. The van der Waals surface area contributed by atoms with Gasteiger partial charge in [-0.25, -0.2) is 15.0 Å². The van der Waals surface area contributed by atoms with Gasteiger partial charge >= 0.3 is 0 Å². The smallest absolute Gasteiger partial charge is 0.213 e. The van der Waals surface area contributed by atoms with Crippen molar-refractivity contribution >= 4 is 11.6 Å². The maximum absolute atomic E-state index is 5.49. The Morgan fingerprint density at radius 2 is 2.15 bits per heavy atom. The minimum Gasteiger partial charge on any atom is -0.478 e. The molecule has 1 aliphatic carbocycles. The van der Waals surface area contributed by atoms with Crippen molar-refractivity contribution in [3.63, 3.8) is 0 Å². The van der Waals surface area contributed by atoms with Crippen LogP contribution in [0.1, 0.15) is 43.6 Å². The summed E-state index contributed by atoms with van der Waals surface area (Å²) in [4.78, 5) is 16.5. The second-order valence-electron chi connectivity index (χ2n) is 7.23. The van der Waals surface area contributed by atoms with Gasteiger partial charge in [0, 0.05) is 31.1 Å². The zero-order chi connectivity index (χ0) is 18.6. The van der Waals surface area contributed by atoms with E-state index < -0.39 is 0 Å². The van der Waals surface area contributed by atoms with Crippen LogP contribution in [0, 0.1) is 5.92 Å². The van der Waals surface area contributed by atoms with Gasteiger partial charge in [-0.2, -0.15) is 0 Å². The fourth-order valence-electron chi connectivity index (χ4n) is 3.38. The molecule has 6 nitrogen and oxygen atoms in total. The minimum atomic E-state index is 0.516. The SMILES string of the molecule is C=CC1CCN(c2cc(NCc3cccc(OCC)n3)nc(C3CC3)n2)C1. The van der Waals surface area contributed by atoms with Crippen molar-refractivity contribution in [2.45, 2.75) is 38.6 Å². The number of aromatic nitrogens is 3. The van der Waals surface area contributed by atoms with Crippen molar-refractivity contribution in [3.05, 3.63) is 48.4 Å². The normalized spacial score (nSPS) is 19.1. The first-order chi connectivity index (χ1) is 13.2. The molecule has 1 saturated heterocycles. The van der Waals surface area contributed by atoms with Crippen LogP contribution in [0.4, 0.5) is 11.6 Å². The zero-order valence-corrected chi connectivity index (χ0v) is 15.9. The predicted molar refractivity (Wildman–Crippen MR) is 107 cm³/mol. The minimum absolute atomic E-state index is 0.516. The van der Waals surface area contributed by atoms with E-state index in [1.165, 1.54) is 12.8 Å². The molecule has 4 rings (SSSR count). The van der Waals surface area contributed by atoms with Crippen LogP contribution in [-0.2, 0) is 6.54 Å². The average molecular weight is 365 g/mol. The number of ether oxygens (including phenoxy) is 1. The lowest BCUT2D eigenvalue weighted by Gasteiger charge is -2.19. The molecule has 2 fully saturated rings. The highest BCUT2D eigenvalue weighted by molar-refractivity contribution is 5.51. The maximum atomic E-state index is 5.49. The molecule has 1 unspecified atom stereocenters. The fourth-order valence-corrected chi connectivity index (χ4v) is 3.38. The van der Waals surface area contributed by atoms with Gasteiger partial charge in [0.05, 0.1) is 18.8 Å². The van der Waals surface area contributed by atoms with E-state index >= 15 is 0 Å². The Hall–Kier alpha value is -2.63. The van der Waals surface area contributed by atoms with Crippen molar-refractivity contribution in [1.82, 2.24) is 15.0 Å². The summed E-state index contributed by atoms with van der Waals surface area (Å²) in [6, 6.07) is 7.90. The highest BCUT2D eigenvalue weighted by atomic mass is 16.5. The number of anilines is 2. The van der Waals surface area contributed by atoms with Crippen molar-refractivity contribution in [2.75, 3.05) is 29.9 Å². The predicted octanol–water partition coefficient (Wildman–Crippen LogP) is 3.77. The number of pyridine rings is 1. The van der Waals surface area contributed by atoms with Crippen molar-refractivity contribution in [3.8, 4) is 5.88 Å². The van der Waals surface area contributed by atoms with Crippen molar-refractivity contribution < 1.29 is 4.74 Å². The number of nitrogens with one attached hydrogen (secondary N) is 1. The first kappa shape index (κ1) is 17.8. The Morgan fingerprint density at radius 1 is 1.26 bits per heavy atom. The van der Waals surface area contributed by atoms with Crippen LogP contribution >= 0.6 is 0 Å². The van der Waals surface area contributed by atoms with E-state index in [-0.39, 0.29) is 0 Å². The molecule has 0 aromatic carbocycles. The number of hydrogen-bond donors (Lipinski definition) is 1. The highest BCUT2D eigenvalue weighted by Gasteiger charge is 2.29.